The molecule has 2 aromatic rings. The van der Waals surface area contributed by atoms with Gasteiger partial charge >= 0.3 is 6.18 Å². The zero-order chi connectivity index (χ0) is 20.1. The smallest absolute Gasteiger partial charge is 0.408 e. The molecular weight excluding hydrogens is 373 g/mol. The summed E-state index contributed by atoms with van der Waals surface area (Å²) in [4.78, 5) is 24.1. The van der Waals surface area contributed by atoms with Crippen LogP contribution in [0.25, 0.3) is 0 Å². The Morgan fingerprint density at radius 2 is 1.75 bits per heavy atom. The molecule has 0 saturated carbocycles. The van der Waals surface area contributed by atoms with Gasteiger partial charge in [-0.15, -0.1) is 0 Å². The monoisotopic (exact) mass is 392 g/mol. The number of hydrogen-bond acceptors (Lipinski definition) is 3. The highest BCUT2D eigenvalue weighted by Gasteiger charge is 2.45. The number of anilines is 1. The van der Waals surface area contributed by atoms with E-state index in [2.05, 4.69) is 5.32 Å². The van der Waals surface area contributed by atoms with Gasteiger partial charge in [-0.05, 0) is 42.7 Å². The predicted octanol–water partition coefficient (Wildman–Crippen LogP) is 3.66. The highest BCUT2D eigenvalue weighted by Crippen LogP contribution is 2.29. The van der Waals surface area contributed by atoms with Crippen molar-refractivity contribution in [1.29, 1.82) is 0 Å². The lowest BCUT2D eigenvalue weighted by Crippen LogP contribution is -2.53. The van der Waals surface area contributed by atoms with Crippen LogP contribution in [0.15, 0.2) is 54.6 Å². The fourth-order valence-corrected chi connectivity index (χ4v) is 2.91. The Bertz CT molecular complexity index is 823. The summed E-state index contributed by atoms with van der Waals surface area (Å²) < 4.78 is 43.7. The van der Waals surface area contributed by atoms with E-state index >= 15 is 0 Å². The van der Waals surface area contributed by atoms with Gasteiger partial charge in [0.15, 0.2) is 0 Å². The normalized spacial score (nSPS) is 19.6. The van der Waals surface area contributed by atoms with Gasteiger partial charge in [-0.25, -0.2) is 0 Å². The van der Waals surface area contributed by atoms with Gasteiger partial charge in [0.1, 0.15) is 24.3 Å². The molecule has 0 spiro atoms. The topological polar surface area (TPSA) is 67.4 Å². The van der Waals surface area contributed by atoms with E-state index in [0.717, 1.165) is 5.56 Å². The number of nitrogens with one attached hydrogen (secondary N) is 2. The van der Waals surface area contributed by atoms with Crippen LogP contribution < -0.4 is 15.4 Å². The Hall–Kier alpha value is -3.03. The molecule has 0 radical (unpaired) electrons. The fraction of sp³-hybridized carbons (Fsp3) is 0.300. The van der Waals surface area contributed by atoms with Crippen LogP contribution >= 0.6 is 0 Å². The van der Waals surface area contributed by atoms with Gasteiger partial charge in [-0.2, -0.15) is 13.2 Å². The first kappa shape index (κ1) is 19.7. The number of carbonyl (C=O) groups is 2. The molecule has 8 heteroatoms. The van der Waals surface area contributed by atoms with Crippen molar-refractivity contribution in [2.24, 2.45) is 5.92 Å². The van der Waals surface area contributed by atoms with Crippen LogP contribution in [0, 0.1) is 5.92 Å². The zero-order valence-electron chi connectivity index (χ0n) is 14.8. The van der Waals surface area contributed by atoms with Crippen molar-refractivity contribution in [3.8, 4) is 5.75 Å². The number of carbonyl (C=O) groups excluding carboxylic acids is 2. The maximum atomic E-state index is 12.7. The number of alkyl halides is 3. The molecule has 1 aliphatic heterocycles. The number of benzene rings is 2. The second kappa shape index (κ2) is 8.33. The summed E-state index contributed by atoms with van der Waals surface area (Å²) in [7, 11) is 0. The minimum atomic E-state index is -4.51. The van der Waals surface area contributed by atoms with Crippen LogP contribution in [0.3, 0.4) is 0 Å². The van der Waals surface area contributed by atoms with Crippen LogP contribution in [-0.2, 0) is 16.2 Å². The third kappa shape index (κ3) is 5.03. The lowest BCUT2D eigenvalue weighted by molar-refractivity contribution is -0.170. The van der Waals surface area contributed by atoms with Crippen molar-refractivity contribution in [1.82, 2.24) is 5.32 Å². The molecule has 0 bridgehead atoms. The number of ether oxygens (including phenoxy) is 1. The highest BCUT2D eigenvalue weighted by molar-refractivity contribution is 6.06. The SMILES string of the molecule is O=C(Nc1ccc(OCc2ccccc2)cc1)[C@@H]1CC[C@H](C(F)(F)F)NC1=O. The molecule has 1 aliphatic rings. The molecule has 0 aromatic heterocycles. The van der Waals surface area contributed by atoms with Gasteiger partial charge in [-0.3, -0.25) is 9.59 Å². The molecule has 2 amide bonds. The molecular formula is C20H19F3N2O3. The second-order valence-corrected chi connectivity index (χ2v) is 6.52. The minimum absolute atomic E-state index is 0.153. The van der Waals surface area contributed by atoms with Crippen molar-refractivity contribution < 1.29 is 27.5 Å². The van der Waals surface area contributed by atoms with Crippen molar-refractivity contribution >= 4 is 17.5 Å². The summed E-state index contributed by atoms with van der Waals surface area (Å²) in [6.45, 7) is 0.398. The van der Waals surface area contributed by atoms with Gasteiger partial charge < -0.3 is 15.4 Å². The van der Waals surface area contributed by atoms with E-state index in [1.807, 2.05) is 35.6 Å². The second-order valence-electron chi connectivity index (χ2n) is 6.52. The van der Waals surface area contributed by atoms with Crippen LogP contribution in [0.5, 0.6) is 5.75 Å². The maximum Gasteiger partial charge on any atom is 0.408 e. The summed E-state index contributed by atoms with van der Waals surface area (Å²) in [6.07, 6.45) is -4.98. The largest absolute Gasteiger partial charge is 0.489 e. The molecule has 0 unspecified atom stereocenters. The van der Waals surface area contributed by atoms with E-state index < -0.39 is 30.0 Å². The Balaban J connectivity index is 1.52. The third-order valence-electron chi connectivity index (χ3n) is 4.46. The summed E-state index contributed by atoms with van der Waals surface area (Å²) in [5, 5.41) is 4.43. The maximum absolute atomic E-state index is 12.7. The Labute approximate surface area is 159 Å². The lowest BCUT2D eigenvalue weighted by atomic mass is 9.92. The number of halogens is 3. The lowest BCUT2D eigenvalue weighted by Gasteiger charge is -2.29. The minimum Gasteiger partial charge on any atom is -0.489 e. The Morgan fingerprint density at radius 1 is 1.07 bits per heavy atom. The molecule has 1 saturated heterocycles. The Morgan fingerprint density at radius 3 is 2.36 bits per heavy atom. The molecule has 2 N–H and O–H groups in total. The predicted molar refractivity (Wildman–Crippen MR) is 96.6 cm³/mol. The third-order valence-corrected chi connectivity index (χ3v) is 4.46. The number of hydrogen-bond donors (Lipinski definition) is 2. The van der Waals surface area contributed by atoms with E-state index in [1.165, 1.54) is 0 Å². The van der Waals surface area contributed by atoms with Gasteiger partial charge in [-0.1, -0.05) is 30.3 Å². The average molecular weight is 392 g/mol. The average Bonchev–Trinajstić information content (AvgIpc) is 2.67. The van der Waals surface area contributed by atoms with Crippen LogP contribution in [0.1, 0.15) is 18.4 Å². The molecule has 0 aliphatic carbocycles. The van der Waals surface area contributed by atoms with Gasteiger partial charge in [0, 0.05) is 5.69 Å². The number of amides is 2. The van der Waals surface area contributed by atoms with Gasteiger partial charge in [0.05, 0.1) is 0 Å². The van der Waals surface area contributed by atoms with Crippen LogP contribution in [-0.4, -0.2) is 24.0 Å². The van der Waals surface area contributed by atoms with Crippen molar-refractivity contribution in [3.05, 3.63) is 60.2 Å². The van der Waals surface area contributed by atoms with Crippen molar-refractivity contribution in [2.45, 2.75) is 31.7 Å². The first-order chi connectivity index (χ1) is 13.3. The van der Waals surface area contributed by atoms with Crippen LogP contribution in [0.2, 0.25) is 0 Å². The molecule has 5 nitrogen and oxygen atoms in total. The van der Waals surface area contributed by atoms with Gasteiger partial charge in [0.25, 0.3) is 0 Å². The van der Waals surface area contributed by atoms with E-state index in [-0.39, 0.29) is 12.8 Å². The molecule has 1 fully saturated rings. The summed E-state index contributed by atoms with van der Waals surface area (Å²) in [5.74, 6) is -2.08. The molecule has 2 aromatic carbocycles. The Kier molecular flexibility index (Phi) is 5.87. The molecule has 1 heterocycles. The molecule has 28 heavy (non-hydrogen) atoms. The van der Waals surface area contributed by atoms with E-state index in [1.54, 1.807) is 24.3 Å². The fourth-order valence-electron chi connectivity index (χ4n) is 2.91. The molecule has 148 valence electrons. The van der Waals surface area contributed by atoms with E-state index in [0.29, 0.717) is 18.0 Å². The van der Waals surface area contributed by atoms with Gasteiger partial charge in [0.2, 0.25) is 11.8 Å². The van der Waals surface area contributed by atoms with E-state index in [4.69, 9.17) is 4.74 Å². The standard InChI is InChI=1S/C20H19F3N2O3/c21-20(22,23)17-11-10-16(19(27)25-17)18(26)24-14-6-8-15(9-7-14)28-12-13-4-2-1-3-5-13/h1-9,16-17H,10-12H2,(H,24,26)(H,25,27)/t16-,17+/m0/s1. The summed E-state index contributed by atoms with van der Waals surface area (Å²) in [5.41, 5.74) is 1.45. The number of rotatable bonds is 5. The number of piperidine rings is 1. The molecule has 2 atom stereocenters. The van der Waals surface area contributed by atoms with Crippen LogP contribution in [0.4, 0.5) is 18.9 Å². The highest BCUT2D eigenvalue weighted by atomic mass is 19.4. The summed E-state index contributed by atoms with van der Waals surface area (Å²) in [6, 6.07) is 14.3. The summed E-state index contributed by atoms with van der Waals surface area (Å²) >= 11 is 0. The quantitative estimate of drug-likeness (QED) is 0.763. The zero-order valence-corrected chi connectivity index (χ0v) is 14.8. The first-order valence-electron chi connectivity index (χ1n) is 8.77. The van der Waals surface area contributed by atoms with E-state index in [9.17, 15) is 22.8 Å². The first-order valence-corrected chi connectivity index (χ1v) is 8.77. The molecule has 3 rings (SSSR count). The van der Waals surface area contributed by atoms with Crippen molar-refractivity contribution in [3.63, 3.8) is 0 Å². The van der Waals surface area contributed by atoms with Crippen molar-refractivity contribution in [2.75, 3.05) is 5.32 Å².